The fourth-order valence-electron chi connectivity index (χ4n) is 3.33. The van der Waals surface area contributed by atoms with Crippen LogP contribution >= 0.6 is 11.3 Å². The number of hydrogen-bond donors (Lipinski definition) is 0. The average molecular weight is 399 g/mol. The van der Waals surface area contributed by atoms with E-state index in [1.165, 1.54) is 23.4 Å². The highest BCUT2D eigenvalue weighted by Crippen LogP contribution is 2.27. The maximum atomic E-state index is 13.1. The second-order valence-corrected chi connectivity index (χ2v) is 7.91. The summed E-state index contributed by atoms with van der Waals surface area (Å²) in [6.07, 6.45) is 0.663. The summed E-state index contributed by atoms with van der Waals surface area (Å²) in [6, 6.07) is 15.0. The minimum atomic E-state index is -0.222. The van der Waals surface area contributed by atoms with Gasteiger partial charge in [-0.2, -0.15) is 0 Å². The number of anilines is 2. The molecule has 4 rings (SSSR count). The van der Waals surface area contributed by atoms with Crippen molar-refractivity contribution in [3.63, 3.8) is 0 Å². The van der Waals surface area contributed by atoms with Crippen molar-refractivity contribution in [3.8, 4) is 0 Å². The van der Waals surface area contributed by atoms with Crippen molar-refractivity contribution < 1.29 is 9.13 Å². The van der Waals surface area contributed by atoms with Gasteiger partial charge in [-0.15, -0.1) is 10.2 Å². The van der Waals surface area contributed by atoms with Crippen LogP contribution in [0.2, 0.25) is 0 Å². The Morgan fingerprint density at radius 1 is 1.07 bits per heavy atom. The summed E-state index contributed by atoms with van der Waals surface area (Å²) in [7, 11) is 2.04. The molecule has 0 amide bonds. The summed E-state index contributed by atoms with van der Waals surface area (Å²) in [4.78, 5) is 4.51. The number of benzene rings is 2. The molecule has 0 saturated carbocycles. The third-order valence-corrected chi connectivity index (χ3v) is 5.84. The zero-order chi connectivity index (χ0) is 19.3. The first-order chi connectivity index (χ1) is 13.7. The minimum Gasteiger partial charge on any atom is -0.378 e. The summed E-state index contributed by atoms with van der Waals surface area (Å²) >= 11 is 1.58. The van der Waals surface area contributed by atoms with E-state index in [0.29, 0.717) is 6.42 Å². The van der Waals surface area contributed by atoms with E-state index >= 15 is 0 Å². The molecule has 0 N–H and O–H groups in total. The maximum absolute atomic E-state index is 13.1. The molecule has 0 bridgehead atoms. The predicted molar refractivity (Wildman–Crippen MR) is 111 cm³/mol. The van der Waals surface area contributed by atoms with Gasteiger partial charge in [-0.05, 0) is 29.3 Å². The number of halogens is 1. The van der Waals surface area contributed by atoms with Crippen LogP contribution in [0, 0.1) is 5.82 Å². The molecule has 28 heavy (non-hydrogen) atoms. The largest absolute Gasteiger partial charge is 0.378 e. The molecule has 0 unspecified atom stereocenters. The van der Waals surface area contributed by atoms with Crippen LogP contribution in [0.4, 0.5) is 15.2 Å². The molecule has 1 saturated heterocycles. The van der Waals surface area contributed by atoms with Gasteiger partial charge in [0.05, 0.1) is 13.2 Å². The third kappa shape index (κ3) is 4.48. The molecule has 7 heteroatoms. The van der Waals surface area contributed by atoms with Crippen molar-refractivity contribution in [2.45, 2.75) is 13.0 Å². The molecule has 0 atom stereocenters. The first kappa shape index (κ1) is 18.8. The summed E-state index contributed by atoms with van der Waals surface area (Å²) in [5, 5.41) is 10.5. The monoisotopic (exact) mass is 398 g/mol. The quantitative estimate of drug-likeness (QED) is 0.633. The lowest BCUT2D eigenvalue weighted by Crippen LogP contribution is -2.37. The number of hydrogen-bond acceptors (Lipinski definition) is 6. The van der Waals surface area contributed by atoms with Crippen LogP contribution in [0.5, 0.6) is 0 Å². The van der Waals surface area contributed by atoms with Crippen LogP contribution in [0.15, 0.2) is 48.5 Å². The first-order valence-corrected chi connectivity index (χ1v) is 10.2. The third-order valence-electron chi connectivity index (χ3n) is 4.80. The van der Waals surface area contributed by atoms with E-state index < -0.39 is 0 Å². The molecule has 1 aromatic heterocycles. The highest BCUT2D eigenvalue weighted by molar-refractivity contribution is 7.15. The van der Waals surface area contributed by atoms with E-state index in [-0.39, 0.29) is 5.82 Å². The van der Waals surface area contributed by atoms with Crippen molar-refractivity contribution >= 4 is 22.2 Å². The van der Waals surface area contributed by atoms with Crippen molar-refractivity contribution in [3.05, 3.63) is 70.5 Å². The van der Waals surface area contributed by atoms with Gasteiger partial charge in [0.1, 0.15) is 10.8 Å². The van der Waals surface area contributed by atoms with Crippen LogP contribution in [-0.4, -0.2) is 43.5 Å². The SMILES string of the molecule is CN(Cc1ccccc1N1CCOCC1)c1nnc(Cc2ccc(F)cc2)s1. The van der Waals surface area contributed by atoms with E-state index in [1.807, 2.05) is 7.05 Å². The van der Waals surface area contributed by atoms with Gasteiger partial charge in [-0.25, -0.2) is 4.39 Å². The number of morpholine rings is 1. The molecule has 5 nitrogen and oxygen atoms in total. The standard InChI is InChI=1S/C21H23FN4OS/c1-25(15-17-4-2-3-5-19(17)26-10-12-27-13-11-26)21-24-23-20(28-21)14-16-6-8-18(22)9-7-16/h2-9H,10-15H2,1H3. The molecule has 0 radical (unpaired) electrons. The van der Waals surface area contributed by atoms with Crippen molar-refractivity contribution in [2.75, 3.05) is 43.2 Å². The number of rotatable bonds is 6. The predicted octanol–water partition coefficient (Wildman–Crippen LogP) is 3.74. The Labute approximate surface area is 168 Å². The van der Waals surface area contributed by atoms with E-state index in [4.69, 9.17) is 4.74 Å². The first-order valence-electron chi connectivity index (χ1n) is 9.37. The Balaban J connectivity index is 1.45. The molecule has 0 spiro atoms. The van der Waals surface area contributed by atoms with Gasteiger partial charge in [0.2, 0.25) is 5.13 Å². The molecule has 0 aliphatic carbocycles. The minimum absolute atomic E-state index is 0.222. The van der Waals surface area contributed by atoms with Crippen LogP contribution in [0.1, 0.15) is 16.1 Å². The van der Waals surface area contributed by atoms with E-state index in [1.54, 1.807) is 23.5 Å². The van der Waals surface area contributed by atoms with Crippen LogP contribution in [0.3, 0.4) is 0 Å². The summed E-state index contributed by atoms with van der Waals surface area (Å²) in [6.45, 7) is 4.14. The molecule has 1 fully saturated rings. The van der Waals surface area contributed by atoms with E-state index in [0.717, 1.165) is 48.6 Å². The second-order valence-electron chi connectivity index (χ2n) is 6.87. The lowest BCUT2D eigenvalue weighted by atomic mass is 10.1. The lowest BCUT2D eigenvalue weighted by molar-refractivity contribution is 0.122. The Morgan fingerprint density at radius 3 is 2.61 bits per heavy atom. The van der Waals surface area contributed by atoms with Crippen molar-refractivity contribution in [1.82, 2.24) is 10.2 Å². The summed E-state index contributed by atoms with van der Waals surface area (Å²) < 4.78 is 18.5. The lowest BCUT2D eigenvalue weighted by Gasteiger charge is -2.31. The molecule has 2 heterocycles. The Morgan fingerprint density at radius 2 is 1.82 bits per heavy atom. The van der Waals surface area contributed by atoms with E-state index in [9.17, 15) is 4.39 Å². The molecule has 2 aromatic carbocycles. The number of nitrogens with zero attached hydrogens (tertiary/aromatic N) is 4. The Bertz CT molecular complexity index is 909. The Hall–Kier alpha value is -2.51. The van der Waals surface area contributed by atoms with Gasteiger partial charge >= 0.3 is 0 Å². The smallest absolute Gasteiger partial charge is 0.208 e. The number of para-hydroxylation sites is 1. The molecular weight excluding hydrogens is 375 g/mol. The van der Waals surface area contributed by atoms with E-state index in [2.05, 4.69) is 44.3 Å². The average Bonchev–Trinajstić information content (AvgIpc) is 3.19. The van der Waals surface area contributed by atoms with Crippen LogP contribution in [0.25, 0.3) is 0 Å². The number of aromatic nitrogens is 2. The van der Waals surface area contributed by atoms with Gasteiger partial charge in [0.15, 0.2) is 0 Å². The fourth-order valence-corrected chi connectivity index (χ4v) is 4.16. The highest BCUT2D eigenvalue weighted by Gasteiger charge is 2.17. The summed E-state index contributed by atoms with van der Waals surface area (Å²) in [5.74, 6) is -0.222. The van der Waals surface area contributed by atoms with Crippen LogP contribution in [-0.2, 0) is 17.7 Å². The normalized spacial score (nSPS) is 14.3. The summed E-state index contributed by atoms with van der Waals surface area (Å²) in [5.41, 5.74) is 3.56. The van der Waals surface area contributed by atoms with Crippen LogP contribution < -0.4 is 9.80 Å². The maximum Gasteiger partial charge on any atom is 0.208 e. The zero-order valence-corrected chi connectivity index (χ0v) is 16.7. The zero-order valence-electron chi connectivity index (χ0n) is 15.8. The molecule has 1 aliphatic rings. The van der Waals surface area contributed by atoms with Crippen molar-refractivity contribution in [2.24, 2.45) is 0 Å². The molecule has 3 aromatic rings. The molecular formula is C21H23FN4OS. The Kier molecular flexibility index (Phi) is 5.83. The van der Waals surface area contributed by atoms with Gasteiger partial charge in [-0.1, -0.05) is 41.7 Å². The number of ether oxygens (including phenoxy) is 1. The highest BCUT2D eigenvalue weighted by atomic mass is 32.1. The van der Waals surface area contributed by atoms with Gasteiger partial charge < -0.3 is 14.5 Å². The van der Waals surface area contributed by atoms with Crippen molar-refractivity contribution in [1.29, 1.82) is 0 Å². The topological polar surface area (TPSA) is 41.5 Å². The van der Waals surface area contributed by atoms with Gasteiger partial charge in [0, 0.05) is 38.8 Å². The second kappa shape index (κ2) is 8.67. The molecule has 1 aliphatic heterocycles. The van der Waals surface area contributed by atoms with Gasteiger partial charge in [0.25, 0.3) is 0 Å². The molecule has 146 valence electrons. The fraction of sp³-hybridized carbons (Fsp3) is 0.333. The van der Waals surface area contributed by atoms with Gasteiger partial charge in [-0.3, -0.25) is 0 Å².